The predicted octanol–water partition coefficient (Wildman–Crippen LogP) is 3.67. The molecule has 1 aromatic heterocycles. The van der Waals surface area contributed by atoms with Crippen molar-refractivity contribution in [2.45, 2.75) is 26.7 Å². The maximum Gasteiger partial charge on any atom is 0.343 e. The number of esters is 1. The summed E-state index contributed by atoms with van der Waals surface area (Å²) in [6, 6.07) is 10.4. The number of hydrogen-bond donors (Lipinski definition) is 1. The van der Waals surface area contributed by atoms with Gasteiger partial charge in [0.05, 0.1) is 12.3 Å². The molecule has 4 nitrogen and oxygen atoms in total. The van der Waals surface area contributed by atoms with Crippen molar-refractivity contribution < 1.29 is 9.53 Å². The van der Waals surface area contributed by atoms with Crippen LogP contribution < -0.4 is 5.32 Å². The maximum atomic E-state index is 11.9. The molecule has 21 heavy (non-hydrogen) atoms. The number of rotatable bonds is 7. The summed E-state index contributed by atoms with van der Waals surface area (Å²) in [4.78, 5) is 11.9. The second-order valence-corrected chi connectivity index (χ2v) is 5.48. The molecule has 0 aliphatic carbocycles. The monoisotopic (exact) mass is 304 g/mol. The Morgan fingerprint density at radius 1 is 1.33 bits per heavy atom. The van der Waals surface area contributed by atoms with Crippen LogP contribution in [0.2, 0.25) is 0 Å². The number of anilines is 1. The van der Waals surface area contributed by atoms with E-state index < -0.39 is 0 Å². The lowest BCUT2D eigenvalue weighted by atomic mass is 10.1. The van der Waals surface area contributed by atoms with E-state index in [0.717, 1.165) is 30.1 Å². The van der Waals surface area contributed by atoms with Gasteiger partial charge >= 0.3 is 5.97 Å². The van der Waals surface area contributed by atoms with E-state index in [1.54, 1.807) is 6.92 Å². The molecule has 1 N–H and O–H groups in total. The predicted molar refractivity (Wildman–Crippen MR) is 86.1 cm³/mol. The number of carbonyl (C=O) groups excluding carboxylic acids is 1. The molecule has 112 valence electrons. The van der Waals surface area contributed by atoms with Gasteiger partial charge in [0.1, 0.15) is 10.6 Å². The number of carbonyl (C=O) groups is 1. The van der Waals surface area contributed by atoms with E-state index in [1.165, 1.54) is 17.1 Å². The standard InChI is InChI=1S/C16H20N2O2S/c1-3-20-16(19)14-12(2)18-21-15(14)17-11-7-10-13-8-5-4-6-9-13/h4-6,8-9,17H,3,7,10-11H2,1-2H3. The molecule has 0 saturated carbocycles. The van der Waals surface area contributed by atoms with Gasteiger partial charge in [-0.1, -0.05) is 30.3 Å². The average molecular weight is 304 g/mol. The van der Waals surface area contributed by atoms with Gasteiger partial charge in [-0.2, -0.15) is 4.37 Å². The highest BCUT2D eigenvalue weighted by atomic mass is 32.1. The molecule has 2 rings (SSSR count). The molecule has 0 aliphatic rings. The molecule has 0 radical (unpaired) electrons. The fraction of sp³-hybridized carbons (Fsp3) is 0.375. The average Bonchev–Trinajstić information content (AvgIpc) is 2.86. The first-order chi connectivity index (χ1) is 10.2. The third-order valence-corrected chi connectivity index (χ3v) is 4.01. The van der Waals surface area contributed by atoms with Crippen molar-refractivity contribution in [1.82, 2.24) is 4.37 Å². The van der Waals surface area contributed by atoms with Crippen molar-refractivity contribution >= 4 is 22.5 Å². The Morgan fingerprint density at radius 3 is 2.81 bits per heavy atom. The molecule has 2 aromatic rings. The zero-order valence-electron chi connectivity index (χ0n) is 12.4. The van der Waals surface area contributed by atoms with Gasteiger partial charge in [-0.25, -0.2) is 4.79 Å². The largest absolute Gasteiger partial charge is 0.462 e. The molecular formula is C16H20N2O2S. The summed E-state index contributed by atoms with van der Waals surface area (Å²) in [5, 5.41) is 4.10. The molecule has 0 fully saturated rings. The van der Waals surface area contributed by atoms with Crippen LogP contribution in [0.1, 0.15) is 35.0 Å². The molecule has 1 heterocycles. The molecule has 5 heteroatoms. The quantitative estimate of drug-likeness (QED) is 0.626. The molecule has 0 aliphatic heterocycles. The summed E-state index contributed by atoms with van der Waals surface area (Å²) in [7, 11) is 0. The van der Waals surface area contributed by atoms with Crippen LogP contribution in [0.3, 0.4) is 0 Å². The number of aryl methyl sites for hydroxylation is 2. The van der Waals surface area contributed by atoms with Gasteiger partial charge < -0.3 is 10.1 Å². The highest BCUT2D eigenvalue weighted by Crippen LogP contribution is 2.25. The van der Waals surface area contributed by atoms with Crippen LogP contribution in [-0.4, -0.2) is 23.5 Å². The van der Waals surface area contributed by atoms with Gasteiger partial charge in [-0.15, -0.1) is 0 Å². The van der Waals surface area contributed by atoms with Crippen LogP contribution >= 0.6 is 11.5 Å². The van der Waals surface area contributed by atoms with Crippen LogP contribution in [0.25, 0.3) is 0 Å². The van der Waals surface area contributed by atoms with Gasteiger partial charge in [0.15, 0.2) is 0 Å². The summed E-state index contributed by atoms with van der Waals surface area (Å²) in [6.45, 7) is 4.82. The summed E-state index contributed by atoms with van der Waals surface area (Å²) in [5.74, 6) is -0.297. The summed E-state index contributed by atoms with van der Waals surface area (Å²) in [5.41, 5.74) is 2.62. The van der Waals surface area contributed by atoms with Crippen molar-refractivity contribution in [2.24, 2.45) is 0 Å². The number of aromatic nitrogens is 1. The number of nitrogens with one attached hydrogen (secondary N) is 1. The van der Waals surface area contributed by atoms with Crippen molar-refractivity contribution in [3.8, 4) is 0 Å². The highest BCUT2D eigenvalue weighted by Gasteiger charge is 2.19. The topological polar surface area (TPSA) is 51.2 Å². The van der Waals surface area contributed by atoms with E-state index in [1.807, 2.05) is 25.1 Å². The Labute approximate surface area is 129 Å². The molecule has 0 amide bonds. The number of hydrogen-bond acceptors (Lipinski definition) is 5. The first-order valence-electron chi connectivity index (χ1n) is 7.13. The molecular weight excluding hydrogens is 284 g/mol. The van der Waals surface area contributed by atoms with Crippen molar-refractivity contribution in [1.29, 1.82) is 0 Å². The third-order valence-electron chi connectivity index (χ3n) is 3.11. The van der Waals surface area contributed by atoms with Crippen molar-refractivity contribution in [2.75, 3.05) is 18.5 Å². The minimum atomic E-state index is -0.297. The number of benzene rings is 1. The van der Waals surface area contributed by atoms with E-state index in [-0.39, 0.29) is 5.97 Å². The highest BCUT2D eigenvalue weighted by molar-refractivity contribution is 7.10. The smallest absolute Gasteiger partial charge is 0.343 e. The second kappa shape index (κ2) is 7.78. The lowest BCUT2D eigenvalue weighted by molar-refractivity contribution is 0.0527. The first kappa shape index (κ1) is 15.5. The summed E-state index contributed by atoms with van der Waals surface area (Å²) in [6.07, 6.45) is 2.02. The molecule has 0 saturated heterocycles. The first-order valence-corrected chi connectivity index (χ1v) is 7.91. The van der Waals surface area contributed by atoms with E-state index in [9.17, 15) is 4.79 Å². The third kappa shape index (κ3) is 4.29. The Morgan fingerprint density at radius 2 is 2.10 bits per heavy atom. The van der Waals surface area contributed by atoms with Gasteiger partial charge in [0.25, 0.3) is 0 Å². The van der Waals surface area contributed by atoms with Crippen molar-refractivity contribution in [3.63, 3.8) is 0 Å². The maximum absolute atomic E-state index is 11.9. The fourth-order valence-electron chi connectivity index (χ4n) is 2.07. The summed E-state index contributed by atoms with van der Waals surface area (Å²) >= 11 is 1.31. The van der Waals surface area contributed by atoms with Gasteiger partial charge in [-0.05, 0) is 43.8 Å². The van der Waals surface area contributed by atoms with Crippen LogP contribution in [0.15, 0.2) is 30.3 Å². The second-order valence-electron chi connectivity index (χ2n) is 4.71. The summed E-state index contributed by atoms with van der Waals surface area (Å²) < 4.78 is 9.31. The molecule has 0 bridgehead atoms. The Balaban J connectivity index is 1.87. The minimum Gasteiger partial charge on any atom is -0.462 e. The van der Waals surface area contributed by atoms with E-state index in [0.29, 0.717) is 12.2 Å². The number of ether oxygens (including phenoxy) is 1. The molecule has 0 atom stereocenters. The van der Waals surface area contributed by atoms with Crippen LogP contribution in [0.5, 0.6) is 0 Å². The lowest BCUT2D eigenvalue weighted by Gasteiger charge is -2.07. The van der Waals surface area contributed by atoms with E-state index in [4.69, 9.17) is 4.74 Å². The van der Waals surface area contributed by atoms with Crippen LogP contribution in [-0.2, 0) is 11.2 Å². The normalized spacial score (nSPS) is 10.4. The Bertz CT molecular complexity index is 581. The number of nitrogens with zero attached hydrogens (tertiary/aromatic N) is 1. The van der Waals surface area contributed by atoms with E-state index >= 15 is 0 Å². The molecule has 0 spiro atoms. The van der Waals surface area contributed by atoms with Crippen LogP contribution in [0, 0.1) is 6.92 Å². The van der Waals surface area contributed by atoms with Crippen LogP contribution in [0.4, 0.5) is 5.00 Å². The van der Waals surface area contributed by atoms with Gasteiger partial charge in [0.2, 0.25) is 0 Å². The molecule has 1 aromatic carbocycles. The van der Waals surface area contributed by atoms with Gasteiger partial charge in [0, 0.05) is 6.54 Å². The molecule has 0 unspecified atom stereocenters. The van der Waals surface area contributed by atoms with Crippen molar-refractivity contribution in [3.05, 3.63) is 47.2 Å². The minimum absolute atomic E-state index is 0.297. The fourth-order valence-corrected chi connectivity index (χ4v) is 2.88. The Hall–Kier alpha value is -1.88. The lowest BCUT2D eigenvalue weighted by Crippen LogP contribution is -2.10. The van der Waals surface area contributed by atoms with Gasteiger partial charge in [-0.3, -0.25) is 0 Å². The van der Waals surface area contributed by atoms with E-state index in [2.05, 4.69) is 21.8 Å². The zero-order chi connectivity index (χ0) is 15.1. The SMILES string of the molecule is CCOC(=O)c1c(C)nsc1NCCCc1ccccc1. The zero-order valence-corrected chi connectivity index (χ0v) is 13.2. The Kier molecular flexibility index (Phi) is 5.75.